The van der Waals surface area contributed by atoms with Crippen molar-refractivity contribution in [2.24, 2.45) is 5.92 Å². The van der Waals surface area contributed by atoms with Crippen LogP contribution in [0.2, 0.25) is 0 Å². The van der Waals surface area contributed by atoms with Crippen LogP contribution in [0.5, 0.6) is 5.75 Å². The Morgan fingerprint density at radius 2 is 1.88 bits per heavy atom. The number of likely N-dealkylation sites (tertiary alicyclic amines) is 1. The first kappa shape index (κ1) is 23.0. The fraction of sp³-hybridized carbons (Fsp3) is 0.333. The van der Waals surface area contributed by atoms with Crippen LogP contribution in [-0.2, 0) is 20.9 Å². The first-order valence-corrected chi connectivity index (χ1v) is 10.5. The number of nitrogens with one attached hydrogen (secondary N) is 2. The smallest absolute Gasteiger partial charge is 0.308 e. The average Bonchev–Trinajstić information content (AvgIpc) is 3.14. The number of carbonyl (C=O) groups is 4. The number of esters is 1. The number of ether oxygens (including phenoxy) is 1. The Balaban J connectivity index is 1.57. The zero-order valence-corrected chi connectivity index (χ0v) is 18.4. The molecular formula is C24H27N3O5. The van der Waals surface area contributed by atoms with Crippen LogP contribution in [0.25, 0.3) is 0 Å². The topological polar surface area (TPSA) is 105 Å². The molecule has 168 valence electrons. The van der Waals surface area contributed by atoms with Crippen LogP contribution >= 0.6 is 0 Å². The summed E-state index contributed by atoms with van der Waals surface area (Å²) < 4.78 is 5.01. The Labute approximate surface area is 186 Å². The molecule has 1 aliphatic heterocycles. The maximum Gasteiger partial charge on any atom is 0.308 e. The van der Waals surface area contributed by atoms with Crippen molar-refractivity contribution in [3.63, 3.8) is 0 Å². The largest absolute Gasteiger partial charge is 0.427 e. The number of hydrogen-bond acceptors (Lipinski definition) is 5. The second-order valence-electron chi connectivity index (χ2n) is 8.03. The van der Waals surface area contributed by atoms with Crippen molar-refractivity contribution in [3.05, 3.63) is 59.7 Å². The molecule has 2 aromatic rings. The van der Waals surface area contributed by atoms with E-state index in [9.17, 15) is 19.2 Å². The van der Waals surface area contributed by atoms with E-state index in [1.165, 1.54) is 13.0 Å². The number of carbonyl (C=O) groups excluding carboxylic acids is 4. The van der Waals surface area contributed by atoms with Gasteiger partial charge in [-0.3, -0.25) is 19.2 Å². The predicted molar refractivity (Wildman–Crippen MR) is 119 cm³/mol. The lowest BCUT2D eigenvalue weighted by molar-refractivity contribution is -0.132. The van der Waals surface area contributed by atoms with Gasteiger partial charge in [-0.1, -0.05) is 18.2 Å². The number of hydrogen-bond donors (Lipinski definition) is 2. The molecule has 3 amide bonds. The van der Waals surface area contributed by atoms with E-state index < -0.39 is 5.97 Å². The summed E-state index contributed by atoms with van der Waals surface area (Å²) in [6, 6.07) is 13.6. The molecule has 0 radical (unpaired) electrons. The molecule has 0 spiro atoms. The minimum Gasteiger partial charge on any atom is -0.427 e. The molecular weight excluding hydrogens is 410 g/mol. The number of rotatable bonds is 7. The monoisotopic (exact) mass is 437 g/mol. The van der Waals surface area contributed by atoms with Gasteiger partial charge < -0.3 is 20.3 Å². The Hall–Kier alpha value is -3.68. The second-order valence-corrected chi connectivity index (χ2v) is 8.03. The third-order valence-electron chi connectivity index (χ3n) is 5.16. The molecule has 8 nitrogen and oxygen atoms in total. The Bertz CT molecular complexity index is 1030. The van der Waals surface area contributed by atoms with Crippen LogP contribution in [0.4, 0.5) is 5.69 Å². The van der Waals surface area contributed by atoms with E-state index in [4.69, 9.17) is 4.74 Å². The predicted octanol–water partition coefficient (Wildman–Crippen LogP) is 2.74. The molecule has 0 aliphatic carbocycles. The maximum absolute atomic E-state index is 12.6. The highest BCUT2D eigenvalue weighted by Crippen LogP contribution is 2.22. The molecule has 1 fully saturated rings. The molecule has 2 N–H and O–H groups in total. The van der Waals surface area contributed by atoms with Crippen LogP contribution in [0, 0.1) is 5.92 Å². The van der Waals surface area contributed by atoms with Crippen LogP contribution in [-0.4, -0.2) is 41.2 Å². The summed E-state index contributed by atoms with van der Waals surface area (Å²) in [5.74, 6) is -1.04. The zero-order chi connectivity index (χ0) is 23.3. The van der Waals surface area contributed by atoms with Crippen molar-refractivity contribution in [2.45, 2.75) is 39.8 Å². The fourth-order valence-electron chi connectivity index (χ4n) is 3.56. The third-order valence-corrected chi connectivity index (χ3v) is 5.16. The van der Waals surface area contributed by atoms with E-state index in [1.807, 2.05) is 19.9 Å². The molecule has 0 saturated carbocycles. The summed E-state index contributed by atoms with van der Waals surface area (Å²) in [5.41, 5.74) is 1.78. The van der Waals surface area contributed by atoms with Crippen molar-refractivity contribution in [1.29, 1.82) is 0 Å². The minimum atomic E-state index is -0.458. The maximum atomic E-state index is 12.6. The van der Waals surface area contributed by atoms with Gasteiger partial charge in [0, 0.05) is 43.7 Å². The second kappa shape index (κ2) is 10.1. The SMILES string of the molecule is CC(=O)Oc1cccc(C(=O)NCc2cccc(NC(=O)C3CC(=O)N(C(C)C)C3)c2)c1. The van der Waals surface area contributed by atoms with Gasteiger partial charge in [-0.25, -0.2) is 0 Å². The highest BCUT2D eigenvalue weighted by molar-refractivity contribution is 5.97. The van der Waals surface area contributed by atoms with Crippen molar-refractivity contribution in [3.8, 4) is 5.75 Å². The van der Waals surface area contributed by atoms with Gasteiger partial charge in [-0.2, -0.15) is 0 Å². The first-order chi connectivity index (χ1) is 15.2. The van der Waals surface area contributed by atoms with Gasteiger partial charge in [0.15, 0.2) is 0 Å². The summed E-state index contributed by atoms with van der Waals surface area (Å²) in [6.07, 6.45) is 0.214. The molecule has 1 saturated heterocycles. The summed E-state index contributed by atoms with van der Waals surface area (Å²) >= 11 is 0. The van der Waals surface area contributed by atoms with Crippen molar-refractivity contribution < 1.29 is 23.9 Å². The molecule has 1 heterocycles. The van der Waals surface area contributed by atoms with E-state index in [2.05, 4.69) is 10.6 Å². The molecule has 2 aromatic carbocycles. The molecule has 1 atom stereocenters. The minimum absolute atomic E-state index is 0.00520. The standard InChI is InChI=1S/C24H27N3O5/c1-15(2)27-14-19(12-22(27)29)24(31)26-20-8-4-6-17(10-20)13-25-23(30)18-7-5-9-21(11-18)32-16(3)28/h4-11,15,19H,12-14H2,1-3H3,(H,25,30)(H,26,31). The van der Waals surface area contributed by atoms with E-state index >= 15 is 0 Å². The van der Waals surface area contributed by atoms with Crippen LogP contribution in [0.1, 0.15) is 43.1 Å². The van der Waals surface area contributed by atoms with Gasteiger partial charge in [-0.15, -0.1) is 0 Å². The molecule has 1 aliphatic rings. The lowest BCUT2D eigenvalue weighted by Gasteiger charge is -2.20. The summed E-state index contributed by atoms with van der Waals surface area (Å²) in [7, 11) is 0. The van der Waals surface area contributed by atoms with Crippen LogP contribution in [0.3, 0.4) is 0 Å². The zero-order valence-electron chi connectivity index (χ0n) is 18.4. The van der Waals surface area contributed by atoms with Gasteiger partial charge >= 0.3 is 5.97 Å². The number of anilines is 1. The highest BCUT2D eigenvalue weighted by atomic mass is 16.5. The molecule has 0 bridgehead atoms. The van der Waals surface area contributed by atoms with E-state index in [-0.39, 0.29) is 42.6 Å². The number of nitrogens with zero attached hydrogens (tertiary/aromatic N) is 1. The Morgan fingerprint density at radius 3 is 2.56 bits per heavy atom. The molecule has 32 heavy (non-hydrogen) atoms. The highest BCUT2D eigenvalue weighted by Gasteiger charge is 2.35. The quantitative estimate of drug-likeness (QED) is 0.512. The first-order valence-electron chi connectivity index (χ1n) is 10.5. The average molecular weight is 437 g/mol. The fourth-order valence-corrected chi connectivity index (χ4v) is 3.56. The van der Waals surface area contributed by atoms with E-state index in [0.29, 0.717) is 23.5 Å². The van der Waals surface area contributed by atoms with Gasteiger partial charge in [0.05, 0.1) is 5.92 Å². The molecule has 0 aromatic heterocycles. The van der Waals surface area contributed by atoms with Gasteiger partial charge in [0.2, 0.25) is 11.8 Å². The van der Waals surface area contributed by atoms with E-state index in [1.54, 1.807) is 41.3 Å². The third kappa shape index (κ3) is 5.94. The van der Waals surface area contributed by atoms with Crippen molar-refractivity contribution in [2.75, 3.05) is 11.9 Å². The number of benzene rings is 2. The van der Waals surface area contributed by atoms with Crippen LogP contribution in [0.15, 0.2) is 48.5 Å². The summed E-state index contributed by atoms with van der Waals surface area (Å²) in [4.78, 5) is 49.9. The lowest BCUT2D eigenvalue weighted by atomic mass is 10.1. The summed E-state index contributed by atoms with van der Waals surface area (Å²) in [6.45, 7) is 5.84. The Morgan fingerprint density at radius 1 is 1.12 bits per heavy atom. The van der Waals surface area contributed by atoms with Crippen molar-refractivity contribution in [1.82, 2.24) is 10.2 Å². The van der Waals surface area contributed by atoms with Gasteiger partial charge in [0.1, 0.15) is 5.75 Å². The summed E-state index contributed by atoms with van der Waals surface area (Å²) in [5, 5.41) is 5.68. The molecule has 3 rings (SSSR count). The molecule has 1 unspecified atom stereocenters. The van der Waals surface area contributed by atoms with Gasteiger partial charge in [0.25, 0.3) is 5.91 Å². The number of amides is 3. The lowest BCUT2D eigenvalue weighted by Crippen LogP contribution is -2.33. The normalized spacial score (nSPS) is 15.6. The van der Waals surface area contributed by atoms with Crippen molar-refractivity contribution >= 4 is 29.4 Å². The van der Waals surface area contributed by atoms with E-state index in [0.717, 1.165) is 5.56 Å². The Kier molecular flexibility index (Phi) is 7.25. The van der Waals surface area contributed by atoms with Crippen LogP contribution < -0.4 is 15.4 Å². The van der Waals surface area contributed by atoms with Gasteiger partial charge in [-0.05, 0) is 49.7 Å². The molecule has 8 heteroatoms.